The molecule has 1 rings (SSSR count). The topological polar surface area (TPSA) is 36.4 Å². The molecular formula is C14H29N3. The molecule has 1 saturated carbocycles. The Morgan fingerprint density at radius 1 is 1.24 bits per heavy atom. The van der Waals surface area contributed by atoms with Crippen LogP contribution in [0.3, 0.4) is 0 Å². The van der Waals surface area contributed by atoms with Crippen molar-refractivity contribution in [3.05, 3.63) is 0 Å². The summed E-state index contributed by atoms with van der Waals surface area (Å²) >= 11 is 0. The van der Waals surface area contributed by atoms with Gasteiger partial charge in [0.1, 0.15) is 0 Å². The van der Waals surface area contributed by atoms with Gasteiger partial charge in [0.05, 0.1) is 0 Å². The van der Waals surface area contributed by atoms with Gasteiger partial charge in [-0.15, -0.1) is 0 Å². The maximum absolute atomic E-state index is 4.27. The molecule has 2 N–H and O–H groups in total. The smallest absolute Gasteiger partial charge is 0.191 e. The van der Waals surface area contributed by atoms with Crippen molar-refractivity contribution in [3.8, 4) is 0 Å². The summed E-state index contributed by atoms with van der Waals surface area (Å²) in [6.07, 6.45) is 6.44. The molecular weight excluding hydrogens is 210 g/mol. The van der Waals surface area contributed by atoms with E-state index in [1.165, 1.54) is 25.7 Å². The highest BCUT2D eigenvalue weighted by molar-refractivity contribution is 5.79. The molecule has 0 saturated heterocycles. The fraction of sp³-hybridized carbons (Fsp3) is 0.929. The van der Waals surface area contributed by atoms with E-state index >= 15 is 0 Å². The van der Waals surface area contributed by atoms with Crippen LogP contribution in [0.5, 0.6) is 0 Å². The molecule has 0 heterocycles. The zero-order valence-electron chi connectivity index (χ0n) is 11.9. The number of nitrogens with one attached hydrogen (secondary N) is 2. The SMILES string of the molecule is CCCNC(=NC)NC1CCC(C(C)C)CC1. The Hall–Kier alpha value is -0.730. The van der Waals surface area contributed by atoms with Crippen molar-refractivity contribution in [2.45, 2.75) is 58.9 Å². The van der Waals surface area contributed by atoms with Gasteiger partial charge in [-0.05, 0) is 43.9 Å². The number of rotatable bonds is 4. The van der Waals surface area contributed by atoms with E-state index in [1.54, 1.807) is 0 Å². The first kappa shape index (κ1) is 14.3. The second kappa shape index (κ2) is 7.57. The molecule has 0 bridgehead atoms. The molecule has 0 aromatic heterocycles. The number of aliphatic imine (C=N–C) groups is 1. The van der Waals surface area contributed by atoms with Gasteiger partial charge in [-0.2, -0.15) is 0 Å². The highest BCUT2D eigenvalue weighted by atomic mass is 15.2. The lowest BCUT2D eigenvalue weighted by molar-refractivity contribution is 0.250. The van der Waals surface area contributed by atoms with Crippen molar-refractivity contribution >= 4 is 5.96 Å². The van der Waals surface area contributed by atoms with Gasteiger partial charge in [0, 0.05) is 19.6 Å². The molecule has 0 amide bonds. The molecule has 0 atom stereocenters. The van der Waals surface area contributed by atoms with Gasteiger partial charge in [0.25, 0.3) is 0 Å². The first-order valence-electron chi connectivity index (χ1n) is 7.14. The first-order chi connectivity index (χ1) is 8.17. The van der Waals surface area contributed by atoms with Crippen LogP contribution in [0.4, 0.5) is 0 Å². The van der Waals surface area contributed by atoms with E-state index in [0.717, 1.165) is 30.8 Å². The van der Waals surface area contributed by atoms with Gasteiger partial charge in [0.2, 0.25) is 0 Å². The largest absolute Gasteiger partial charge is 0.356 e. The van der Waals surface area contributed by atoms with Crippen LogP contribution in [0.15, 0.2) is 4.99 Å². The molecule has 1 aliphatic carbocycles. The van der Waals surface area contributed by atoms with Crippen LogP contribution in [0, 0.1) is 11.8 Å². The summed E-state index contributed by atoms with van der Waals surface area (Å²) < 4.78 is 0. The van der Waals surface area contributed by atoms with Crippen molar-refractivity contribution in [1.29, 1.82) is 0 Å². The molecule has 3 heteroatoms. The third-order valence-corrected chi connectivity index (χ3v) is 3.82. The van der Waals surface area contributed by atoms with E-state index in [-0.39, 0.29) is 0 Å². The highest BCUT2D eigenvalue weighted by Crippen LogP contribution is 2.29. The number of hydrogen-bond acceptors (Lipinski definition) is 1. The zero-order chi connectivity index (χ0) is 12.7. The minimum atomic E-state index is 0.619. The van der Waals surface area contributed by atoms with Gasteiger partial charge in [-0.1, -0.05) is 20.8 Å². The van der Waals surface area contributed by atoms with E-state index in [1.807, 2.05) is 7.05 Å². The van der Waals surface area contributed by atoms with Gasteiger partial charge < -0.3 is 10.6 Å². The Kier molecular flexibility index (Phi) is 6.38. The molecule has 100 valence electrons. The first-order valence-corrected chi connectivity index (χ1v) is 7.14. The lowest BCUT2D eigenvalue weighted by Crippen LogP contribution is -2.45. The summed E-state index contributed by atoms with van der Waals surface area (Å²) in [6, 6.07) is 0.619. The third kappa shape index (κ3) is 4.97. The van der Waals surface area contributed by atoms with Gasteiger partial charge in [0.15, 0.2) is 5.96 Å². The van der Waals surface area contributed by atoms with Crippen molar-refractivity contribution in [2.75, 3.05) is 13.6 Å². The van der Waals surface area contributed by atoms with Crippen molar-refractivity contribution < 1.29 is 0 Å². The quantitative estimate of drug-likeness (QED) is 0.584. The van der Waals surface area contributed by atoms with Crippen LogP contribution in [-0.4, -0.2) is 25.6 Å². The fourth-order valence-electron chi connectivity index (χ4n) is 2.56. The summed E-state index contributed by atoms with van der Waals surface area (Å²) in [5, 5.41) is 6.88. The molecule has 0 aliphatic heterocycles. The normalized spacial score (nSPS) is 26.1. The average Bonchev–Trinajstić information content (AvgIpc) is 2.35. The monoisotopic (exact) mass is 239 g/mol. The van der Waals surface area contributed by atoms with E-state index in [9.17, 15) is 0 Å². The summed E-state index contributed by atoms with van der Waals surface area (Å²) in [5.74, 6) is 2.74. The van der Waals surface area contributed by atoms with Gasteiger partial charge in [-0.25, -0.2) is 0 Å². The summed E-state index contributed by atoms with van der Waals surface area (Å²) in [6.45, 7) is 7.87. The van der Waals surface area contributed by atoms with Crippen molar-refractivity contribution in [1.82, 2.24) is 10.6 Å². The molecule has 0 spiro atoms. The standard InChI is InChI=1S/C14H29N3/c1-5-10-16-14(15-4)17-13-8-6-12(7-9-13)11(2)3/h11-13H,5-10H2,1-4H3,(H2,15,16,17). The van der Waals surface area contributed by atoms with Crippen LogP contribution >= 0.6 is 0 Å². The maximum Gasteiger partial charge on any atom is 0.191 e. The van der Waals surface area contributed by atoms with E-state index in [2.05, 4.69) is 36.4 Å². The van der Waals surface area contributed by atoms with Crippen LogP contribution in [0.25, 0.3) is 0 Å². The van der Waals surface area contributed by atoms with Gasteiger partial charge in [-0.3, -0.25) is 4.99 Å². The Labute approximate surface area is 106 Å². The summed E-state index contributed by atoms with van der Waals surface area (Å²) in [4.78, 5) is 4.27. The van der Waals surface area contributed by atoms with Crippen molar-refractivity contribution in [2.24, 2.45) is 16.8 Å². The molecule has 0 radical (unpaired) electrons. The maximum atomic E-state index is 4.27. The molecule has 0 unspecified atom stereocenters. The molecule has 3 nitrogen and oxygen atoms in total. The molecule has 0 aromatic carbocycles. The molecule has 0 aromatic rings. The van der Waals surface area contributed by atoms with Crippen LogP contribution in [0.1, 0.15) is 52.9 Å². The Morgan fingerprint density at radius 3 is 2.35 bits per heavy atom. The predicted molar refractivity (Wildman–Crippen MR) is 75.4 cm³/mol. The second-order valence-corrected chi connectivity index (χ2v) is 5.50. The molecule has 1 fully saturated rings. The van der Waals surface area contributed by atoms with E-state index < -0.39 is 0 Å². The number of hydrogen-bond donors (Lipinski definition) is 2. The predicted octanol–water partition coefficient (Wildman–Crippen LogP) is 2.78. The lowest BCUT2D eigenvalue weighted by atomic mass is 9.80. The van der Waals surface area contributed by atoms with E-state index in [4.69, 9.17) is 0 Å². The van der Waals surface area contributed by atoms with Gasteiger partial charge >= 0.3 is 0 Å². The summed E-state index contributed by atoms with van der Waals surface area (Å²) in [7, 11) is 1.85. The number of guanidine groups is 1. The minimum absolute atomic E-state index is 0.619. The Morgan fingerprint density at radius 2 is 1.88 bits per heavy atom. The average molecular weight is 239 g/mol. The van der Waals surface area contributed by atoms with Crippen LogP contribution < -0.4 is 10.6 Å². The third-order valence-electron chi connectivity index (χ3n) is 3.82. The Balaban J connectivity index is 2.29. The van der Waals surface area contributed by atoms with Crippen LogP contribution in [0.2, 0.25) is 0 Å². The Bertz CT molecular complexity index is 228. The second-order valence-electron chi connectivity index (χ2n) is 5.50. The van der Waals surface area contributed by atoms with E-state index in [0.29, 0.717) is 6.04 Å². The highest BCUT2D eigenvalue weighted by Gasteiger charge is 2.23. The number of nitrogens with zero attached hydrogens (tertiary/aromatic N) is 1. The van der Waals surface area contributed by atoms with Crippen molar-refractivity contribution in [3.63, 3.8) is 0 Å². The minimum Gasteiger partial charge on any atom is -0.356 e. The lowest BCUT2D eigenvalue weighted by Gasteiger charge is -2.32. The summed E-state index contributed by atoms with van der Waals surface area (Å²) in [5.41, 5.74) is 0. The van der Waals surface area contributed by atoms with Crippen LogP contribution in [-0.2, 0) is 0 Å². The molecule has 17 heavy (non-hydrogen) atoms. The fourth-order valence-corrected chi connectivity index (χ4v) is 2.56. The zero-order valence-corrected chi connectivity index (χ0v) is 11.9. The molecule has 1 aliphatic rings.